The lowest BCUT2D eigenvalue weighted by molar-refractivity contribution is -0.118. The first-order valence-electron chi connectivity index (χ1n) is 12.2. The third-order valence-corrected chi connectivity index (χ3v) is 7.86. The van der Waals surface area contributed by atoms with E-state index in [1.54, 1.807) is 0 Å². The van der Waals surface area contributed by atoms with Crippen molar-refractivity contribution in [3.63, 3.8) is 0 Å². The van der Waals surface area contributed by atoms with Crippen LogP contribution >= 0.6 is 11.3 Å². The van der Waals surface area contributed by atoms with Gasteiger partial charge in [0.05, 0.1) is 22.5 Å². The first-order valence-corrected chi connectivity index (χ1v) is 13.0. The van der Waals surface area contributed by atoms with Gasteiger partial charge in [0.15, 0.2) is 0 Å². The molecule has 2 aromatic heterocycles. The van der Waals surface area contributed by atoms with Crippen molar-refractivity contribution in [2.75, 3.05) is 38.1 Å². The van der Waals surface area contributed by atoms with Crippen LogP contribution in [-0.4, -0.2) is 64.4 Å². The molecular formula is C27H31N5O2S. The number of hydrogen-bond acceptors (Lipinski definition) is 5. The number of fused-ring (bicyclic) bond motifs is 2. The number of carbonyl (C=O) groups is 2. The van der Waals surface area contributed by atoms with Gasteiger partial charge >= 0.3 is 0 Å². The van der Waals surface area contributed by atoms with Gasteiger partial charge in [0.1, 0.15) is 5.82 Å². The van der Waals surface area contributed by atoms with Crippen LogP contribution < -0.4 is 4.90 Å². The van der Waals surface area contributed by atoms with Crippen LogP contribution in [-0.2, 0) is 18.4 Å². The Bertz CT molecular complexity index is 1380. The molecule has 0 saturated carbocycles. The number of para-hydroxylation sites is 2. The highest BCUT2D eigenvalue weighted by Gasteiger charge is 2.23. The zero-order chi connectivity index (χ0) is 24.5. The summed E-state index contributed by atoms with van der Waals surface area (Å²) in [6, 6.07) is 16.0. The van der Waals surface area contributed by atoms with Gasteiger partial charge < -0.3 is 19.3 Å². The van der Waals surface area contributed by atoms with E-state index in [4.69, 9.17) is 4.98 Å². The molecule has 0 atom stereocenters. The summed E-state index contributed by atoms with van der Waals surface area (Å²) < 4.78 is 3.11. The summed E-state index contributed by atoms with van der Waals surface area (Å²) in [6.45, 7) is 5.73. The average Bonchev–Trinajstić information content (AvgIpc) is 3.43. The van der Waals surface area contributed by atoms with E-state index in [0.717, 1.165) is 70.1 Å². The van der Waals surface area contributed by atoms with Gasteiger partial charge in [-0.2, -0.15) is 0 Å². The molecule has 0 N–H and O–H groups in total. The quantitative estimate of drug-likeness (QED) is 0.400. The van der Waals surface area contributed by atoms with Gasteiger partial charge in [-0.05, 0) is 55.3 Å². The molecule has 8 heteroatoms. The fourth-order valence-electron chi connectivity index (χ4n) is 4.62. The number of carbonyl (C=O) groups excluding carboxylic acids is 2. The fraction of sp³-hybridized carbons (Fsp3) is 0.370. The lowest BCUT2D eigenvalue weighted by atomic mass is 10.2. The summed E-state index contributed by atoms with van der Waals surface area (Å²) in [5.41, 5.74) is 2.80. The molecule has 1 saturated heterocycles. The number of rotatable bonds is 6. The van der Waals surface area contributed by atoms with Crippen molar-refractivity contribution in [2.24, 2.45) is 7.05 Å². The summed E-state index contributed by atoms with van der Waals surface area (Å²) in [5.74, 6) is 1.01. The average molecular weight is 490 g/mol. The van der Waals surface area contributed by atoms with Crippen molar-refractivity contribution >= 4 is 50.0 Å². The zero-order valence-electron chi connectivity index (χ0n) is 20.5. The molecule has 2 aromatic carbocycles. The normalized spacial score (nSPS) is 14.7. The molecule has 3 heterocycles. The van der Waals surface area contributed by atoms with Crippen molar-refractivity contribution in [3.05, 3.63) is 59.2 Å². The molecule has 1 aliphatic heterocycles. The van der Waals surface area contributed by atoms with Gasteiger partial charge in [0.2, 0.25) is 5.91 Å². The zero-order valence-corrected chi connectivity index (χ0v) is 21.3. The van der Waals surface area contributed by atoms with Crippen LogP contribution in [0.5, 0.6) is 0 Å². The van der Waals surface area contributed by atoms with Crippen LogP contribution in [0.1, 0.15) is 35.3 Å². The van der Waals surface area contributed by atoms with Crippen molar-refractivity contribution in [2.45, 2.75) is 26.3 Å². The van der Waals surface area contributed by atoms with Gasteiger partial charge in [0, 0.05) is 50.0 Å². The largest absolute Gasteiger partial charge is 0.335 e. The van der Waals surface area contributed by atoms with E-state index in [0.29, 0.717) is 13.0 Å². The number of benzene rings is 2. The second kappa shape index (κ2) is 9.79. The van der Waals surface area contributed by atoms with Crippen LogP contribution in [0.25, 0.3) is 21.1 Å². The molecule has 5 rings (SSSR count). The van der Waals surface area contributed by atoms with Crippen LogP contribution in [0.2, 0.25) is 0 Å². The molecule has 0 spiro atoms. The second-order valence-electron chi connectivity index (χ2n) is 9.23. The van der Waals surface area contributed by atoms with Gasteiger partial charge in [0.25, 0.3) is 5.91 Å². The maximum Gasteiger partial charge on any atom is 0.264 e. The van der Waals surface area contributed by atoms with Crippen LogP contribution in [0.3, 0.4) is 0 Å². The number of likely N-dealkylation sites (N-methyl/N-ethyl adjacent to an activating group) is 1. The minimum Gasteiger partial charge on any atom is -0.335 e. The van der Waals surface area contributed by atoms with E-state index in [-0.39, 0.29) is 11.8 Å². The van der Waals surface area contributed by atoms with E-state index in [1.165, 1.54) is 11.3 Å². The number of aromatic nitrogens is 2. The number of thiophene rings is 1. The first-order chi connectivity index (χ1) is 16.9. The highest BCUT2D eigenvalue weighted by atomic mass is 32.1. The predicted octanol–water partition coefficient (Wildman–Crippen LogP) is 4.51. The van der Waals surface area contributed by atoms with E-state index in [9.17, 15) is 9.59 Å². The summed E-state index contributed by atoms with van der Waals surface area (Å²) in [4.78, 5) is 37.8. The summed E-state index contributed by atoms with van der Waals surface area (Å²) in [7, 11) is 4.08. The lowest BCUT2D eigenvalue weighted by Gasteiger charge is -2.32. The van der Waals surface area contributed by atoms with Crippen LogP contribution in [0.15, 0.2) is 48.5 Å². The first kappa shape index (κ1) is 23.5. The van der Waals surface area contributed by atoms with Crippen molar-refractivity contribution in [1.82, 2.24) is 19.4 Å². The van der Waals surface area contributed by atoms with Crippen molar-refractivity contribution in [1.29, 1.82) is 0 Å². The molecule has 2 amide bonds. The molecule has 0 radical (unpaired) electrons. The van der Waals surface area contributed by atoms with Gasteiger partial charge in [-0.1, -0.05) is 19.1 Å². The van der Waals surface area contributed by atoms with Crippen LogP contribution in [0.4, 0.5) is 5.69 Å². The Morgan fingerprint density at radius 3 is 2.54 bits per heavy atom. The second-order valence-corrected chi connectivity index (χ2v) is 10.3. The van der Waals surface area contributed by atoms with E-state index in [2.05, 4.69) is 16.5 Å². The fourth-order valence-corrected chi connectivity index (χ4v) is 5.63. The van der Waals surface area contributed by atoms with E-state index >= 15 is 0 Å². The number of aryl methyl sites for hydroxylation is 1. The maximum atomic E-state index is 13.2. The highest BCUT2D eigenvalue weighted by Crippen LogP contribution is 2.31. The molecule has 1 fully saturated rings. The Balaban J connectivity index is 1.45. The number of anilines is 1. The number of amides is 2. The molecule has 0 aliphatic carbocycles. The van der Waals surface area contributed by atoms with Crippen molar-refractivity contribution in [3.8, 4) is 0 Å². The molecule has 1 aliphatic rings. The molecule has 7 nitrogen and oxygen atoms in total. The summed E-state index contributed by atoms with van der Waals surface area (Å²) in [6.07, 6.45) is 1.25. The Kier molecular flexibility index (Phi) is 6.58. The molecule has 0 unspecified atom stereocenters. The maximum absolute atomic E-state index is 13.2. The number of nitrogens with zero attached hydrogens (tertiary/aromatic N) is 5. The van der Waals surface area contributed by atoms with E-state index in [1.807, 2.05) is 72.3 Å². The topological polar surface area (TPSA) is 61.7 Å². The smallest absolute Gasteiger partial charge is 0.264 e. The molecular weight excluding hydrogens is 458 g/mol. The molecule has 182 valence electrons. The number of hydrogen-bond donors (Lipinski definition) is 0. The van der Waals surface area contributed by atoms with Gasteiger partial charge in [-0.15, -0.1) is 11.3 Å². The Labute approximate surface area is 209 Å². The third kappa shape index (κ3) is 4.68. The van der Waals surface area contributed by atoms with Crippen molar-refractivity contribution < 1.29 is 9.59 Å². The minimum atomic E-state index is 0.0721. The predicted molar refractivity (Wildman–Crippen MR) is 142 cm³/mol. The standard InChI is InChI=1S/C27H31N5O2S/c1-4-7-26(33)32(18-25-28-21-8-5-6-9-22(21)30(25)3)20-10-11-23-19(16-20)17-24(35-23)27(34)31-14-12-29(2)13-15-31/h5-6,8-11,16-17H,4,7,12-15,18H2,1-3H3. The molecule has 35 heavy (non-hydrogen) atoms. The van der Waals surface area contributed by atoms with Crippen LogP contribution in [0, 0.1) is 0 Å². The SMILES string of the molecule is CCCC(=O)N(Cc1nc2ccccc2n1C)c1ccc2sc(C(=O)N3CCN(C)CC3)cc2c1. The van der Waals surface area contributed by atoms with Gasteiger partial charge in [-0.3, -0.25) is 9.59 Å². The highest BCUT2D eigenvalue weighted by molar-refractivity contribution is 7.20. The third-order valence-electron chi connectivity index (χ3n) is 6.76. The molecule has 0 bridgehead atoms. The molecule has 4 aromatic rings. The minimum absolute atomic E-state index is 0.0721. The van der Waals surface area contributed by atoms with E-state index < -0.39 is 0 Å². The van der Waals surface area contributed by atoms with Gasteiger partial charge in [-0.25, -0.2) is 4.98 Å². The Hall–Kier alpha value is -3.23. The number of imidazole rings is 1. The Morgan fingerprint density at radius 2 is 1.80 bits per heavy atom. The summed E-state index contributed by atoms with van der Waals surface area (Å²) >= 11 is 1.52. The summed E-state index contributed by atoms with van der Waals surface area (Å²) in [5, 5.41) is 0.990. The number of piperazine rings is 1. The Morgan fingerprint density at radius 1 is 1.03 bits per heavy atom. The lowest BCUT2D eigenvalue weighted by Crippen LogP contribution is -2.46. The monoisotopic (exact) mass is 489 g/mol.